The largest absolute Gasteiger partial charge is 0.481 e. The van der Waals surface area contributed by atoms with Gasteiger partial charge in [0.1, 0.15) is 0 Å². The summed E-state index contributed by atoms with van der Waals surface area (Å²) in [5.41, 5.74) is -0.624. The quantitative estimate of drug-likeness (QED) is 0.797. The summed E-state index contributed by atoms with van der Waals surface area (Å²) in [5.74, 6) is -0.134. The monoisotopic (exact) mass is 240 g/mol. The summed E-state index contributed by atoms with van der Waals surface area (Å²) in [6.07, 6.45) is 7.04. The molecule has 2 aliphatic carbocycles. The predicted octanol–water partition coefficient (Wildman–Crippen LogP) is 2.82. The lowest BCUT2D eigenvalue weighted by Gasteiger charge is -2.39. The number of aliphatic hydroxyl groups is 1. The Morgan fingerprint density at radius 1 is 1.29 bits per heavy atom. The molecule has 3 heteroatoms. The van der Waals surface area contributed by atoms with Crippen LogP contribution in [0.15, 0.2) is 0 Å². The highest BCUT2D eigenvalue weighted by Crippen LogP contribution is 2.52. The van der Waals surface area contributed by atoms with E-state index in [0.717, 1.165) is 51.4 Å². The van der Waals surface area contributed by atoms with E-state index < -0.39 is 17.5 Å². The van der Waals surface area contributed by atoms with Gasteiger partial charge in [-0.05, 0) is 38.0 Å². The molecule has 0 saturated heterocycles. The third kappa shape index (κ3) is 2.22. The van der Waals surface area contributed by atoms with Crippen LogP contribution >= 0.6 is 0 Å². The molecular weight excluding hydrogens is 216 g/mol. The number of hydrogen-bond acceptors (Lipinski definition) is 2. The highest BCUT2D eigenvalue weighted by molar-refractivity contribution is 5.75. The molecule has 2 N–H and O–H groups in total. The van der Waals surface area contributed by atoms with E-state index in [1.54, 1.807) is 0 Å². The van der Waals surface area contributed by atoms with Crippen molar-refractivity contribution in [2.45, 2.75) is 64.4 Å². The second kappa shape index (κ2) is 4.97. The summed E-state index contributed by atoms with van der Waals surface area (Å²) in [5, 5.41) is 19.8. The smallest absolute Gasteiger partial charge is 0.310 e. The Labute approximate surface area is 103 Å². The highest BCUT2D eigenvalue weighted by atomic mass is 16.4. The van der Waals surface area contributed by atoms with E-state index in [9.17, 15) is 15.0 Å². The normalized spacial score (nSPS) is 42.6. The Morgan fingerprint density at radius 3 is 2.53 bits per heavy atom. The van der Waals surface area contributed by atoms with Gasteiger partial charge in [0, 0.05) is 5.92 Å². The zero-order chi connectivity index (χ0) is 12.5. The van der Waals surface area contributed by atoms with Gasteiger partial charge in [-0.3, -0.25) is 4.79 Å². The van der Waals surface area contributed by atoms with Crippen LogP contribution in [0.25, 0.3) is 0 Å². The molecule has 2 aliphatic rings. The summed E-state index contributed by atoms with van der Waals surface area (Å²) in [4.78, 5) is 11.7. The van der Waals surface area contributed by atoms with Crippen LogP contribution in [0.5, 0.6) is 0 Å². The van der Waals surface area contributed by atoms with Crippen LogP contribution in [0, 0.1) is 17.3 Å². The van der Waals surface area contributed by atoms with Crippen LogP contribution in [-0.4, -0.2) is 22.3 Å². The third-order valence-electron chi connectivity index (χ3n) is 5.09. The fourth-order valence-corrected chi connectivity index (χ4v) is 3.97. The maximum Gasteiger partial charge on any atom is 0.310 e. The maximum absolute atomic E-state index is 11.7. The SMILES string of the molecule is CCC1CCC(C(=O)O)(C2CCCCC2O)C1. The number of carboxylic acid groups (broad SMARTS) is 1. The Kier molecular flexibility index (Phi) is 3.76. The van der Waals surface area contributed by atoms with Gasteiger partial charge >= 0.3 is 5.97 Å². The molecule has 2 fully saturated rings. The van der Waals surface area contributed by atoms with Crippen molar-refractivity contribution in [3.63, 3.8) is 0 Å². The standard InChI is InChI=1S/C14H24O3/c1-2-10-7-8-14(9-10,13(16)17)11-5-3-4-6-12(11)15/h10-12,15H,2-9H2,1H3,(H,16,17). The summed E-state index contributed by atoms with van der Waals surface area (Å²) in [6.45, 7) is 2.14. The van der Waals surface area contributed by atoms with Gasteiger partial charge in [0.15, 0.2) is 0 Å². The first-order chi connectivity index (χ1) is 8.10. The average molecular weight is 240 g/mol. The van der Waals surface area contributed by atoms with Crippen LogP contribution in [-0.2, 0) is 4.79 Å². The summed E-state index contributed by atoms with van der Waals surface area (Å²) in [7, 11) is 0. The maximum atomic E-state index is 11.7. The molecule has 4 unspecified atom stereocenters. The fourth-order valence-electron chi connectivity index (χ4n) is 3.97. The van der Waals surface area contributed by atoms with Crippen molar-refractivity contribution in [1.29, 1.82) is 0 Å². The van der Waals surface area contributed by atoms with Gasteiger partial charge in [0.25, 0.3) is 0 Å². The molecule has 0 aliphatic heterocycles. The van der Waals surface area contributed by atoms with Crippen molar-refractivity contribution in [3.8, 4) is 0 Å². The lowest BCUT2D eigenvalue weighted by molar-refractivity contribution is -0.157. The van der Waals surface area contributed by atoms with Gasteiger partial charge in [-0.25, -0.2) is 0 Å². The molecule has 17 heavy (non-hydrogen) atoms. The summed E-state index contributed by atoms with van der Waals surface area (Å²) < 4.78 is 0. The summed E-state index contributed by atoms with van der Waals surface area (Å²) in [6, 6.07) is 0. The average Bonchev–Trinajstić information content (AvgIpc) is 2.75. The van der Waals surface area contributed by atoms with Crippen molar-refractivity contribution < 1.29 is 15.0 Å². The Hall–Kier alpha value is -0.570. The first-order valence-electron chi connectivity index (χ1n) is 7.01. The Morgan fingerprint density at radius 2 is 2.00 bits per heavy atom. The van der Waals surface area contributed by atoms with Crippen molar-refractivity contribution in [2.75, 3.05) is 0 Å². The second-order valence-electron chi connectivity index (χ2n) is 5.94. The molecule has 3 nitrogen and oxygen atoms in total. The minimum atomic E-state index is -0.667. The lowest BCUT2D eigenvalue weighted by atomic mass is 9.66. The first kappa shape index (κ1) is 12.9. The molecule has 0 bridgehead atoms. The molecule has 0 radical (unpaired) electrons. The van der Waals surface area contributed by atoms with Crippen LogP contribution in [0.4, 0.5) is 0 Å². The first-order valence-corrected chi connectivity index (χ1v) is 7.01. The number of carbonyl (C=O) groups is 1. The second-order valence-corrected chi connectivity index (χ2v) is 5.94. The Bertz CT molecular complexity index is 289. The van der Waals surface area contributed by atoms with E-state index in [1.165, 1.54) is 0 Å². The van der Waals surface area contributed by atoms with Crippen LogP contribution < -0.4 is 0 Å². The molecule has 98 valence electrons. The van der Waals surface area contributed by atoms with E-state index in [4.69, 9.17) is 0 Å². The molecule has 2 rings (SSSR count). The zero-order valence-electron chi connectivity index (χ0n) is 10.7. The number of aliphatic hydroxyl groups excluding tert-OH is 1. The van der Waals surface area contributed by atoms with Gasteiger partial charge in [0.05, 0.1) is 11.5 Å². The van der Waals surface area contributed by atoms with Crippen LogP contribution in [0.1, 0.15) is 58.3 Å². The van der Waals surface area contributed by atoms with Crippen molar-refractivity contribution >= 4 is 5.97 Å². The van der Waals surface area contributed by atoms with E-state index in [1.807, 2.05) is 0 Å². The number of aliphatic carboxylic acids is 1. The van der Waals surface area contributed by atoms with Crippen molar-refractivity contribution in [1.82, 2.24) is 0 Å². The van der Waals surface area contributed by atoms with Crippen molar-refractivity contribution in [2.24, 2.45) is 17.3 Å². The predicted molar refractivity (Wildman–Crippen MR) is 65.7 cm³/mol. The molecule has 0 aromatic rings. The third-order valence-corrected chi connectivity index (χ3v) is 5.09. The van der Waals surface area contributed by atoms with Crippen LogP contribution in [0.3, 0.4) is 0 Å². The number of rotatable bonds is 3. The van der Waals surface area contributed by atoms with E-state index in [-0.39, 0.29) is 5.92 Å². The molecule has 0 amide bonds. The van der Waals surface area contributed by atoms with Gasteiger partial charge in [-0.15, -0.1) is 0 Å². The van der Waals surface area contributed by atoms with E-state index in [2.05, 4.69) is 6.92 Å². The van der Waals surface area contributed by atoms with Crippen LogP contribution in [0.2, 0.25) is 0 Å². The summed E-state index contributed by atoms with van der Waals surface area (Å²) >= 11 is 0. The van der Waals surface area contributed by atoms with Gasteiger partial charge in [-0.2, -0.15) is 0 Å². The minimum Gasteiger partial charge on any atom is -0.481 e. The number of carboxylic acids is 1. The van der Waals surface area contributed by atoms with Gasteiger partial charge < -0.3 is 10.2 Å². The minimum absolute atomic E-state index is 0.00898. The molecule has 0 aromatic heterocycles. The number of hydrogen-bond donors (Lipinski definition) is 2. The molecule has 4 atom stereocenters. The van der Waals surface area contributed by atoms with E-state index >= 15 is 0 Å². The molecule has 0 spiro atoms. The fraction of sp³-hybridized carbons (Fsp3) is 0.929. The van der Waals surface area contributed by atoms with E-state index in [0.29, 0.717) is 5.92 Å². The topological polar surface area (TPSA) is 57.5 Å². The molecule has 2 saturated carbocycles. The lowest BCUT2D eigenvalue weighted by Crippen LogP contribution is -2.44. The van der Waals surface area contributed by atoms with Crippen molar-refractivity contribution in [3.05, 3.63) is 0 Å². The Balaban J connectivity index is 2.19. The molecule has 0 aromatic carbocycles. The zero-order valence-corrected chi connectivity index (χ0v) is 10.7. The van der Waals surface area contributed by atoms with Gasteiger partial charge in [0.2, 0.25) is 0 Å². The molecular formula is C14H24O3. The van der Waals surface area contributed by atoms with Gasteiger partial charge in [-0.1, -0.05) is 26.2 Å². The highest BCUT2D eigenvalue weighted by Gasteiger charge is 2.52. The molecule has 0 heterocycles.